The highest BCUT2D eigenvalue weighted by atomic mass is 35.5. The van der Waals surface area contributed by atoms with Crippen LogP contribution >= 0.6 is 23.8 Å². The monoisotopic (exact) mass is 382 g/mol. The van der Waals surface area contributed by atoms with Gasteiger partial charge in [-0.25, -0.2) is 0 Å². The van der Waals surface area contributed by atoms with E-state index in [1.807, 2.05) is 6.92 Å². The smallest absolute Gasteiger partial charge is 0.216 e. The molecule has 2 aromatic rings. The fourth-order valence-electron chi connectivity index (χ4n) is 2.63. The topological polar surface area (TPSA) is 73.7 Å². The van der Waals surface area contributed by atoms with Gasteiger partial charge in [-0.05, 0) is 49.7 Å². The Kier molecular flexibility index (Phi) is 5.72. The van der Waals surface area contributed by atoms with Gasteiger partial charge in [0.15, 0.2) is 17.3 Å². The summed E-state index contributed by atoms with van der Waals surface area (Å²) in [4.78, 5) is 0. The van der Waals surface area contributed by atoms with E-state index in [1.165, 1.54) is 0 Å². The third kappa shape index (κ3) is 3.86. The maximum absolute atomic E-state index is 6.29. The highest BCUT2D eigenvalue weighted by Gasteiger charge is 2.23. The number of aromatic amines is 1. The third-order valence-corrected chi connectivity index (χ3v) is 4.30. The Morgan fingerprint density at radius 2 is 2.40 bits per heavy atom. The van der Waals surface area contributed by atoms with Crippen LogP contribution in [0.3, 0.4) is 0 Å². The summed E-state index contributed by atoms with van der Waals surface area (Å²) >= 11 is 11.5. The number of rotatable bonds is 6. The van der Waals surface area contributed by atoms with Gasteiger partial charge in [0.2, 0.25) is 4.77 Å². The van der Waals surface area contributed by atoms with Crippen LogP contribution in [0.2, 0.25) is 5.02 Å². The Labute approximate surface area is 155 Å². The second kappa shape index (κ2) is 7.99. The molecule has 1 saturated heterocycles. The lowest BCUT2D eigenvalue weighted by atomic mass is 10.2. The van der Waals surface area contributed by atoms with Gasteiger partial charge < -0.3 is 14.2 Å². The summed E-state index contributed by atoms with van der Waals surface area (Å²) in [5.41, 5.74) is 0.756. The Morgan fingerprint density at radius 3 is 3.08 bits per heavy atom. The molecule has 0 amide bonds. The SMILES string of the molecule is CCOc1c(Cl)cc(/C=N\n2c([C@H]3CCCO3)n[nH]c2=S)cc1OC. The lowest BCUT2D eigenvalue weighted by Gasteiger charge is -2.12. The van der Waals surface area contributed by atoms with Gasteiger partial charge in [0.25, 0.3) is 0 Å². The molecule has 25 heavy (non-hydrogen) atoms. The molecule has 9 heteroatoms. The quantitative estimate of drug-likeness (QED) is 0.608. The maximum Gasteiger partial charge on any atom is 0.216 e. The van der Waals surface area contributed by atoms with Crippen molar-refractivity contribution in [3.05, 3.63) is 33.3 Å². The highest BCUT2D eigenvalue weighted by molar-refractivity contribution is 7.71. The molecule has 0 saturated carbocycles. The van der Waals surface area contributed by atoms with E-state index in [2.05, 4.69) is 15.3 Å². The first-order chi connectivity index (χ1) is 12.1. The van der Waals surface area contributed by atoms with Crippen LogP contribution in [-0.4, -0.2) is 41.4 Å². The van der Waals surface area contributed by atoms with E-state index in [9.17, 15) is 0 Å². The third-order valence-electron chi connectivity index (χ3n) is 3.76. The number of hydrogen-bond acceptors (Lipinski definition) is 6. The van der Waals surface area contributed by atoms with Gasteiger partial charge >= 0.3 is 0 Å². The predicted molar refractivity (Wildman–Crippen MR) is 97.5 cm³/mol. The first-order valence-corrected chi connectivity index (χ1v) is 8.76. The maximum atomic E-state index is 6.29. The van der Waals surface area contributed by atoms with Crippen LogP contribution in [0.25, 0.3) is 0 Å². The summed E-state index contributed by atoms with van der Waals surface area (Å²) in [5.74, 6) is 1.73. The highest BCUT2D eigenvalue weighted by Crippen LogP contribution is 2.36. The van der Waals surface area contributed by atoms with E-state index < -0.39 is 0 Å². The Bertz CT molecular complexity index is 827. The zero-order chi connectivity index (χ0) is 17.8. The first kappa shape index (κ1) is 17.9. The molecule has 134 valence electrons. The number of nitrogens with one attached hydrogen (secondary N) is 1. The standard InChI is InChI=1S/C16H19ClN4O3S/c1-3-23-14-11(17)7-10(8-13(14)22-2)9-18-21-15(19-20-16(21)25)12-5-4-6-24-12/h7-9,12H,3-6H2,1-2H3,(H,20,25)/b18-9-/t12-/m1/s1. The fraction of sp³-hybridized carbons (Fsp3) is 0.438. The molecule has 3 rings (SSSR count). The lowest BCUT2D eigenvalue weighted by molar-refractivity contribution is 0.102. The van der Waals surface area contributed by atoms with Crippen molar-refractivity contribution in [2.24, 2.45) is 5.10 Å². The van der Waals surface area contributed by atoms with Crippen LogP contribution < -0.4 is 9.47 Å². The van der Waals surface area contributed by atoms with E-state index in [4.69, 9.17) is 38.0 Å². The molecule has 1 N–H and O–H groups in total. The minimum absolute atomic E-state index is 0.0939. The number of nitrogens with zero attached hydrogens (tertiary/aromatic N) is 3. The van der Waals surface area contributed by atoms with Crippen LogP contribution in [0.1, 0.15) is 37.3 Å². The molecule has 1 aromatic carbocycles. The molecule has 1 aromatic heterocycles. The van der Waals surface area contributed by atoms with Crippen molar-refractivity contribution >= 4 is 30.0 Å². The zero-order valence-electron chi connectivity index (χ0n) is 14.0. The van der Waals surface area contributed by atoms with E-state index >= 15 is 0 Å². The molecule has 2 heterocycles. The van der Waals surface area contributed by atoms with E-state index in [-0.39, 0.29) is 6.10 Å². The first-order valence-electron chi connectivity index (χ1n) is 7.97. The van der Waals surface area contributed by atoms with Crippen molar-refractivity contribution in [3.63, 3.8) is 0 Å². The number of aromatic nitrogens is 3. The summed E-state index contributed by atoms with van der Waals surface area (Å²) in [7, 11) is 1.57. The van der Waals surface area contributed by atoms with Crippen molar-refractivity contribution in [1.82, 2.24) is 14.9 Å². The molecular weight excluding hydrogens is 364 g/mol. The fourth-order valence-corrected chi connectivity index (χ4v) is 3.09. The van der Waals surface area contributed by atoms with Crippen LogP contribution in [-0.2, 0) is 4.74 Å². The van der Waals surface area contributed by atoms with Gasteiger partial charge in [-0.1, -0.05) is 11.6 Å². The van der Waals surface area contributed by atoms with Crippen LogP contribution in [0.5, 0.6) is 11.5 Å². The minimum Gasteiger partial charge on any atom is -0.493 e. The van der Waals surface area contributed by atoms with Crippen LogP contribution in [0, 0.1) is 4.77 Å². The molecule has 0 spiro atoms. The summed E-state index contributed by atoms with van der Waals surface area (Å²) < 4.78 is 18.5. The van der Waals surface area contributed by atoms with Gasteiger partial charge in [0.1, 0.15) is 6.10 Å². The lowest BCUT2D eigenvalue weighted by Crippen LogP contribution is -2.05. The summed E-state index contributed by atoms with van der Waals surface area (Å²) in [5, 5.41) is 11.9. The zero-order valence-corrected chi connectivity index (χ0v) is 15.6. The molecule has 1 fully saturated rings. The Balaban J connectivity index is 1.91. The molecule has 1 aliphatic heterocycles. The Morgan fingerprint density at radius 1 is 1.56 bits per heavy atom. The molecule has 1 atom stereocenters. The molecule has 0 bridgehead atoms. The number of halogens is 1. The molecular formula is C16H19ClN4O3S. The molecule has 7 nitrogen and oxygen atoms in total. The van der Waals surface area contributed by atoms with Crippen molar-refractivity contribution in [2.75, 3.05) is 20.3 Å². The van der Waals surface area contributed by atoms with Crippen LogP contribution in [0.4, 0.5) is 0 Å². The molecule has 0 aliphatic carbocycles. The Hall–Kier alpha value is -1.90. The van der Waals surface area contributed by atoms with E-state index in [0.29, 0.717) is 33.7 Å². The average Bonchev–Trinajstić information content (AvgIpc) is 3.24. The number of methoxy groups -OCH3 is 1. The van der Waals surface area contributed by atoms with Gasteiger partial charge in [0.05, 0.1) is 25.0 Å². The number of ether oxygens (including phenoxy) is 3. The molecule has 0 radical (unpaired) electrons. The van der Waals surface area contributed by atoms with E-state index in [0.717, 1.165) is 25.0 Å². The number of H-pyrrole nitrogens is 1. The number of benzene rings is 1. The summed E-state index contributed by atoms with van der Waals surface area (Å²) in [6.45, 7) is 3.11. The minimum atomic E-state index is -0.0939. The molecule has 0 unspecified atom stereocenters. The van der Waals surface area contributed by atoms with Crippen molar-refractivity contribution in [3.8, 4) is 11.5 Å². The second-order valence-corrected chi connectivity index (χ2v) is 6.21. The van der Waals surface area contributed by atoms with E-state index in [1.54, 1.807) is 30.1 Å². The van der Waals surface area contributed by atoms with Gasteiger partial charge in [-0.3, -0.25) is 5.10 Å². The van der Waals surface area contributed by atoms with Crippen molar-refractivity contribution in [2.45, 2.75) is 25.9 Å². The van der Waals surface area contributed by atoms with Crippen LogP contribution in [0.15, 0.2) is 17.2 Å². The van der Waals surface area contributed by atoms with Crippen molar-refractivity contribution < 1.29 is 14.2 Å². The second-order valence-electron chi connectivity index (χ2n) is 5.41. The average molecular weight is 383 g/mol. The molecule has 1 aliphatic rings. The van der Waals surface area contributed by atoms with Gasteiger partial charge in [0, 0.05) is 6.61 Å². The number of hydrogen-bond donors (Lipinski definition) is 1. The van der Waals surface area contributed by atoms with Gasteiger partial charge in [-0.2, -0.15) is 14.9 Å². The summed E-state index contributed by atoms with van der Waals surface area (Å²) in [6.07, 6.45) is 3.45. The largest absolute Gasteiger partial charge is 0.493 e. The predicted octanol–water partition coefficient (Wildman–Crippen LogP) is 3.74. The summed E-state index contributed by atoms with van der Waals surface area (Å²) in [6, 6.07) is 3.56. The van der Waals surface area contributed by atoms with Crippen molar-refractivity contribution in [1.29, 1.82) is 0 Å². The normalized spacial score (nSPS) is 17.3. The van der Waals surface area contributed by atoms with Gasteiger partial charge in [-0.15, -0.1) is 0 Å².